The van der Waals surface area contributed by atoms with Crippen LogP contribution in [0.2, 0.25) is 0 Å². The maximum absolute atomic E-state index is 14.2. The van der Waals surface area contributed by atoms with Gasteiger partial charge in [0.1, 0.15) is 12.1 Å². The van der Waals surface area contributed by atoms with Gasteiger partial charge in [0.15, 0.2) is 0 Å². The summed E-state index contributed by atoms with van der Waals surface area (Å²) >= 11 is 0. The Bertz CT molecular complexity index is 1370. The highest BCUT2D eigenvalue weighted by molar-refractivity contribution is 5.95. The molecule has 8 nitrogen and oxygen atoms in total. The highest BCUT2D eigenvalue weighted by Crippen LogP contribution is 2.20. The maximum atomic E-state index is 14.2. The zero-order chi connectivity index (χ0) is 30.7. The Labute approximate surface area is 249 Å². The normalized spacial score (nSPS) is 13.1. The number of hydrogen-bond donors (Lipinski definition) is 3. The first-order chi connectivity index (χ1) is 20.0. The monoisotopic (exact) mass is 572 g/mol. The van der Waals surface area contributed by atoms with Gasteiger partial charge in [-0.25, -0.2) is 0 Å². The molecule has 0 aliphatic carbocycles. The number of nitrogens with one attached hydrogen (secondary N) is 1. The standard InChI is InChI=1S/C34H44N4O4/c1-34(2,35)19-10-16-31(40)37(3)30(24-26-17-18-27-14-8-9-15-28(27)22-26)33(42)38(4)29(32(41)36-20-11-21-39)23-25-12-6-5-7-13-25/h5-10,12-18,22,29-30,39H,11,19-21,23-24,35H2,1-4H3,(H,36,41)/t29-,30-/m1/s1. The van der Waals surface area contributed by atoms with Crippen molar-refractivity contribution in [3.63, 3.8) is 0 Å². The second-order valence-electron chi connectivity index (χ2n) is 11.5. The van der Waals surface area contributed by atoms with Crippen LogP contribution in [0.4, 0.5) is 0 Å². The van der Waals surface area contributed by atoms with Gasteiger partial charge in [0.25, 0.3) is 0 Å². The van der Waals surface area contributed by atoms with Crippen molar-refractivity contribution < 1.29 is 19.5 Å². The molecule has 42 heavy (non-hydrogen) atoms. The van der Waals surface area contributed by atoms with Crippen LogP contribution in [-0.4, -0.2) is 77.5 Å². The molecule has 224 valence electrons. The number of nitrogens with zero attached hydrogens (tertiary/aromatic N) is 2. The van der Waals surface area contributed by atoms with Crippen molar-refractivity contribution in [1.82, 2.24) is 15.1 Å². The lowest BCUT2D eigenvalue weighted by molar-refractivity contribution is -0.146. The first kappa shape index (κ1) is 32.5. The lowest BCUT2D eigenvalue weighted by atomic mass is 9.98. The Morgan fingerprint density at radius 1 is 0.881 bits per heavy atom. The van der Waals surface area contributed by atoms with E-state index in [-0.39, 0.29) is 30.7 Å². The van der Waals surface area contributed by atoms with Gasteiger partial charge in [-0.05, 0) is 54.7 Å². The summed E-state index contributed by atoms with van der Waals surface area (Å²) < 4.78 is 0. The molecule has 0 fully saturated rings. The summed E-state index contributed by atoms with van der Waals surface area (Å²) in [6, 6.07) is 21.8. The maximum Gasteiger partial charge on any atom is 0.246 e. The molecule has 0 radical (unpaired) electrons. The van der Waals surface area contributed by atoms with E-state index in [1.54, 1.807) is 20.2 Å². The van der Waals surface area contributed by atoms with E-state index in [1.165, 1.54) is 15.9 Å². The third kappa shape index (κ3) is 9.53. The van der Waals surface area contributed by atoms with Gasteiger partial charge in [-0.15, -0.1) is 0 Å². The molecule has 0 aliphatic rings. The number of rotatable bonds is 14. The molecule has 0 unspecified atom stereocenters. The van der Waals surface area contributed by atoms with Crippen molar-refractivity contribution in [3.8, 4) is 0 Å². The highest BCUT2D eigenvalue weighted by Gasteiger charge is 2.34. The summed E-state index contributed by atoms with van der Waals surface area (Å²) in [5, 5.41) is 14.2. The number of nitrogens with two attached hydrogens (primary N) is 1. The second kappa shape index (κ2) is 15.3. The van der Waals surface area contributed by atoms with Gasteiger partial charge in [0, 0.05) is 45.6 Å². The SMILES string of the molecule is CN(C(=O)C=CCC(C)(C)N)[C@H](Cc1ccc2ccccc2c1)C(=O)N(C)[C@H](Cc1ccccc1)C(=O)NCCCO. The van der Waals surface area contributed by atoms with E-state index in [1.807, 2.05) is 86.6 Å². The largest absolute Gasteiger partial charge is 0.396 e. The topological polar surface area (TPSA) is 116 Å². The molecule has 3 aromatic carbocycles. The van der Waals surface area contributed by atoms with Gasteiger partial charge in [-0.1, -0.05) is 78.9 Å². The number of fused-ring (bicyclic) bond motifs is 1. The van der Waals surface area contributed by atoms with Crippen LogP contribution >= 0.6 is 0 Å². The van der Waals surface area contributed by atoms with Crippen molar-refractivity contribution in [1.29, 1.82) is 0 Å². The van der Waals surface area contributed by atoms with Crippen molar-refractivity contribution in [2.45, 2.75) is 57.2 Å². The lowest BCUT2D eigenvalue weighted by Gasteiger charge is -2.34. The minimum Gasteiger partial charge on any atom is -0.396 e. The number of likely N-dealkylation sites (N-methyl/N-ethyl adjacent to an activating group) is 2. The predicted octanol–water partition coefficient (Wildman–Crippen LogP) is 3.46. The third-order valence-corrected chi connectivity index (χ3v) is 7.27. The first-order valence-corrected chi connectivity index (χ1v) is 14.4. The Kier molecular flexibility index (Phi) is 11.8. The van der Waals surface area contributed by atoms with Crippen molar-refractivity contribution in [2.75, 3.05) is 27.2 Å². The highest BCUT2D eigenvalue weighted by atomic mass is 16.3. The molecule has 0 spiro atoms. The molecule has 3 rings (SSSR count). The quantitative estimate of drug-likeness (QED) is 0.202. The number of aliphatic hydroxyl groups is 1. The molecule has 4 N–H and O–H groups in total. The molecule has 0 bridgehead atoms. The Morgan fingerprint density at radius 2 is 1.52 bits per heavy atom. The number of carbonyl (C=O) groups is 3. The molecule has 0 heterocycles. The zero-order valence-electron chi connectivity index (χ0n) is 25.1. The summed E-state index contributed by atoms with van der Waals surface area (Å²) in [7, 11) is 3.23. The second-order valence-corrected chi connectivity index (χ2v) is 11.5. The first-order valence-electron chi connectivity index (χ1n) is 14.4. The van der Waals surface area contributed by atoms with Gasteiger partial charge in [0.05, 0.1) is 0 Å². The fourth-order valence-electron chi connectivity index (χ4n) is 4.75. The van der Waals surface area contributed by atoms with Crippen LogP contribution in [0.1, 0.15) is 37.8 Å². The summed E-state index contributed by atoms with van der Waals surface area (Å²) in [4.78, 5) is 43.8. The Hall–Kier alpha value is -4.01. The molecule has 0 saturated heterocycles. The van der Waals surface area contributed by atoms with Crippen LogP contribution in [0, 0.1) is 0 Å². The van der Waals surface area contributed by atoms with Gasteiger partial charge in [0.2, 0.25) is 17.7 Å². The summed E-state index contributed by atoms with van der Waals surface area (Å²) in [6.45, 7) is 4.01. The number of hydrogen-bond acceptors (Lipinski definition) is 5. The number of benzene rings is 3. The van der Waals surface area contributed by atoms with Gasteiger partial charge in [-0.3, -0.25) is 14.4 Å². The average Bonchev–Trinajstić information content (AvgIpc) is 2.97. The Balaban J connectivity index is 1.94. The van der Waals surface area contributed by atoms with Crippen molar-refractivity contribution >= 4 is 28.5 Å². The van der Waals surface area contributed by atoms with E-state index < -0.39 is 17.6 Å². The number of amides is 3. The van der Waals surface area contributed by atoms with E-state index in [4.69, 9.17) is 5.73 Å². The van der Waals surface area contributed by atoms with Crippen LogP contribution in [0.3, 0.4) is 0 Å². The zero-order valence-corrected chi connectivity index (χ0v) is 25.1. The lowest BCUT2D eigenvalue weighted by Crippen LogP contribution is -2.56. The van der Waals surface area contributed by atoms with Crippen LogP contribution in [-0.2, 0) is 27.2 Å². The molecule has 0 aromatic heterocycles. The predicted molar refractivity (Wildman–Crippen MR) is 168 cm³/mol. The van der Waals surface area contributed by atoms with Crippen LogP contribution in [0.5, 0.6) is 0 Å². The van der Waals surface area contributed by atoms with Crippen molar-refractivity contribution in [2.24, 2.45) is 5.73 Å². The molecule has 8 heteroatoms. The Morgan fingerprint density at radius 3 is 2.19 bits per heavy atom. The van der Waals surface area contributed by atoms with Gasteiger partial charge in [-0.2, -0.15) is 0 Å². The van der Waals surface area contributed by atoms with E-state index in [2.05, 4.69) is 5.32 Å². The molecular formula is C34H44N4O4. The van der Waals surface area contributed by atoms with Gasteiger partial charge < -0.3 is 26.0 Å². The van der Waals surface area contributed by atoms with Crippen molar-refractivity contribution in [3.05, 3.63) is 96.1 Å². The van der Waals surface area contributed by atoms with E-state index in [9.17, 15) is 19.5 Å². The summed E-state index contributed by atoms with van der Waals surface area (Å²) in [5.74, 6) is -0.977. The van der Waals surface area contributed by atoms with Crippen LogP contribution < -0.4 is 11.1 Å². The van der Waals surface area contributed by atoms with E-state index in [0.717, 1.165) is 21.9 Å². The van der Waals surface area contributed by atoms with Gasteiger partial charge >= 0.3 is 0 Å². The fourth-order valence-corrected chi connectivity index (χ4v) is 4.75. The molecule has 3 aromatic rings. The van der Waals surface area contributed by atoms with E-state index in [0.29, 0.717) is 25.8 Å². The minimum absolute atomic E-state index is 0.0476. The number of carbonyl (C=O) groups excluding carboxylic acids is 3. The van der Waals surface area contributed by atoms with Crippen LogP contribution in [0.25, 0.3) is 10.8 Å². The molecule has 0 saturated carbocycles. The molecule has 2 atom stereocenters. The number of aliphatic hydroxyl groups excluding tert-OH is 1. The molecular weight excluding hydrogens is 528 g/mol. The van der Waals surface area contributed by atoms with Crippen LogP contribution in [0.15, 0.2) is 84.9 Å². The summed E-state index contributed by atoms with van der Waals surface area (Å²) in [6.07, 6.45) is 4.68. The minimum atomic E-state index is -0.859. The average molecular weight is 573 g/mol. The summed E-state index contributed by atoms with van der Waals surface area (Å²) in [5.41, 5.74) is 7.41. The molecule has 3 amide bonds. The fraction of sp³-hybridized carbons (Fsp3) is 0.382. The third-order valence-electron chi connectivity index (χ3n) is 7.27. The van der Waals surface area contributed by atoms with E-state index >= 15 is 0 Å². The smallest absolute Gasteiger partial charge is 0.246 e. The molecule has 0 aliphatic heterocycles.